The van der Waals surface area contributed by atoms with Crippen LogP contribution in [0.2, 0.25) is 0 Å². The van der Waals surface area contributed by atoms with Crippen LogP contribution in [-0.2, 0) is 14.3 Å². The molecule has 0 saturated carbocycles. The second-order valence-corrected chi connectivity index (χ2v) is 1.52. The zero-order chi connectivity index (χ0) is 7.98. The Morgan fingerprint density at radius 1 is 1.64 bits per heavy atom. The van der Waals surface area contributed by atoms with Gasteiger partial charge in [0.25, 0.3) is 0 Å². The van der Waals surface area contributed by atoms with Gasteiger partial charge in [0.05, 0.1) is 6.42 Å². The predicted molar refractivity (Wildman–Crippen MR) is 34.5 cm³/mol. The molecular formula is C6H9NaO4. The summed E-state index contributed by atoms with van der Waals surface area (Å²) in [5.74, 6) is -1.59. The van der Waals surface area contributed by atoms with Gasteiger partial charge in [-0.25, -0.2) is 4.79 Å². The minimum absolute atomic E-state index is 0. The van der Waals surface area contributed by atoms with E-state index in [4.69, 9.17) is 5.11 Å². The first-order valence-corrected chi connectivity index (χ1v) is 2.68. The summed E-state index contributed by atoms with van der Waals surface area (Å²) in [5, 5.41) is 8.08. The van der Waals surface area contributed by atoms with E-state index in [1.54, 1.807) is 0 Å². The third kappa shape index (κ3) is 9.68. The third-order valence-corrected chi connectivity index (χ3v) is 0.727. The molecule has 0 fully saturated rings. The summed E-state index contributed by atoms with van der Waals surface area (Å²) in [6.45, 7) is 3.04. The summed E-state index contributed by atoms with van der Waals surface area (Å²) < 4.78 is 4.36. The van der Waals surface area contributed by atoms with Gasteiger partial charge in [0.15, 0.2) is 0 Å². The molecule has 5 heteroatoms. The third-order valence-electron chi connectivity index (χ3n) is 0.727. The first-order valence-electron chi connectivity index (χ1n) is 2.68. The van der Waals surface area contributed by atoms with Crippen LogP contribution in [-0.4, -0.2) is 23.7 Å². The van der Waals surface area contributed by atoms with E-state index in [1.165, 1.54) is 0 Å². The van der Waals surface area contributed by atoms with Gasteiger partial charge in [-0.2, -0.15) is 0 Å². The Morgan fingerprint density at radius 3 is 2.55 bits per heavy atom. The molecule has 0 atom stereocenters. The van der Waals surface area contributed by atoms with E-state index in [0.717, 1.165) is 6.08 Å². The maximum atomic E-state index is 10.3. The minimum atomic E-state index is -0.989. The maximum absolute atomic E-state index is 10.3. The van der Waals surface area contributed by atoms with Crippen molar-refractivity contribution in [3.05, 3.63) is 12.7 Å². The second-order valence-electron chi connectivity index (χ2n) is 1.52. The molecule has 0 aromatic rings. The van der Waals surface area contributed by atoms with Gasteiger partial charge in [0, 0.05) is 6.08 Å². The molecule has 0 aliphatic carbocycles. The Hall–Kier alpha value is -0.320. The van der Waals surface area contributed by atoms with Crippen LogP contribution in [0.4, 0.5) is 0 Å². The van der Waals surface area contributed by atoms with Crippen LogP contribution in [0.25, 0.3) is 0 Å². The van der Waals surface area contributed by atoms with Gasteiger partial charge in [0.2, 0.25) is 0 Å². The van der Waals surface area contributed by atoms with Crippen LogP contribution in [0, 0.1) is 0 Å². The number of hydrogen-bond acceptors (Lipinski definition) is 3. The van der Waals surface area contributed by atoms with Gasteiger partial charge in [-0.1, -0.05) is 6.58 Å². The monoisotopic (exact) mass is 168 g/mol. The average molecular weight is 168 g/mol. The van der Waals surface area contributed by atoms with E-state index in [-0.39, 0.29) is 44.0 Å². The van der Waals surface area contributed by atoms with E-state index in [9.17, 15) is 9.59 Å². The average Bonchev–Trinajstić information content (AvgIpc) is 1.87. The molecule has 0 bridgehead atoms. The molecule has 0 amide bonds. The van der Waals surface area contributed by atoms with Crippen molar-refractivity contribution in [3.63, 3.8) is 0 Å². The normalized spacial score (nSPS) is 7.64. The van der Waals surface area contributed by atoms with Crippen molar-refractivity contribution < 1.29 is 50.4 Å². The first kappa shape index (κ1) is 13.3. The van der Waals surface area contributed by atoms with E-state index in [2.05, 4.69) is 11.3 Å². The number of esters is 1. The van der Waals surface area contributed by atoms with Crippen molar-refractivity contribution in [1.29, 1.82) is 0 Å². The quantitative estimate of drug-likeness (QED) is 0.282. The Kier molecular flexibility index (Phi) is 9.40. The summed E-state index contributed by atoms with van der Waals surface area (Å²) in [6.07, 6.45) is 0.821. The van der Waals surface area contributed by atoms with Crippen LogP contribution < -0.4 is 29.6 Å². The molecule has 58 valence electrons. The Balaban J connectivity index is -0.000000405. The summed E-state index contributed by atoms with van der Waals surface area (Å²) >= 11 is 0. The zero-order valence-electron chi connectivity index (χ0n) is 7.37. The van der Waals surface area contributed by atoms with Crippen molar-refractivity contribution in [2.45, 2.75) is 6.42 Å². The number of carboxylic acid groups (broad SMARTS) is 1. The fraction of sp³-hybridized carbons (Fsp3) is 0.333. The van der Waals surface area contributed by atoms with Gasteiger partial charge in [-0.3, -0.25) is 4.79 Å². The zero-order valence-corrected chi connectivity index (χ0v) is 8.37. The summed E-state index contributed by atoms with van der Waals surface area (Å²) in [4.78, 5) is 20.1. The predicted octanol–water partition coefficient (Wildman–Crippen LogP) is -2.69. The smallest absolute Gasteiger partial charge is 1.00 e. The van der Waals surface area contributed by atoms with Crippen LogP contribution in [0.1, 0.15) is 7.85 Å². The second kappa shape index (κ2) is 7.78. The molecule has 0 heterocycles. The molecule has 11 heavy (non-hydrogen) atoms. The molecule has 0 aliphatic rings. The van der Waals surface area contributed by atoms with Crippen molar-refractivity contribution in [2.75, 3.05) is 6.61 Å². The molecule has 0 radical (unpaired) electrons. The number of carbonyl (C=O) groups excluding carboxylic acids is 1. The number of hydrogen-bond donors (Lipinski definition) is 1. The Bertz CT molecular complexity index is 160. The molecular weight excluding hydrogens is 159 g/mol. The Morgan fingerprint density at radius 2 is 2.18 bits per heavy atom. The van der Waals surface area contributed by atoms with Crippen LogP contribution in [0.15, 0.2) is 12.7 Å². The molecule has 0 unspecified atom stereocenters. The first-order chi connectivity index (χ1) is 4.66. The molecule has 0 saturated heterocycles. The Labute approximate surface area is 88.0 Å². The molecule has 0 spiro atoms. The number of rotatable bonds is 4. The number of ether oxygens (including phenoxy) is 1. The molecule has 1 N–H and O–H groups in total. The topological polar surface area (TPSA) is 63.6 Å². The number of carbonyl (C=O) groups is 2. The molecule has 0 aliphatic heterocycles. The van der Waals surface area contributed by atoms with Crippen molar-refractivity contribution >= 4 is 11.9 Å². The largest absolute Gasteiger partial charge is 1.00 e. The van der Waals surface area contributed by atoms with Gasteiger partial charge in [-0.05, 0) is 0 Å². The molecule has 0 aromatic carbocycles. The van der Waals surface area contributed by atoms with E-state index < -0.39 is 11.9 Å². The number of carboxylic acids is 1. The fourth-order valence-electron chi connectivity index (χ4n) is 0.298. The SMILES string of the molecule is C=CC(=O)OCCC(=O)O.[H-].[Na+]. The number of aliphatic carboxylic acids is 1. The fourth-order valence-corrected chi connectivity index (χ4v) is 0.298. The minimum Gasteiger partial charge on any atom is -1.00 e. The summed E-state index contributed by atoms with van der Waals surface area (Å²) in [5.41, 5.74) is 0. The van der Waals surface area contributed by atoms with E-state index in [0.29, 0.717) is 0 Å². The van der Waals surface area contributed by atoms with Crippen LogP contribution in [0.5, 0.6) is 0 Å². The van der Waals surface area contributed by atoms with Crippen molar-refractivity contribution in [1.82, 2.24) is 0 Å². The van der Waals surface area contributed by atoms with Gasteiger partial charge in [-0.15, -0.1) is 0 Å². The van der Waals surface area contributed by atoms with Gasteiger partial charge >= 0.3 is 41.5 Å². The van der Waals surface area contributed by atoms with Crippen molar-refractivity contribution in [2.24, 2.45) is 0 Å². The van der Waals surface area contributed by atoms with Gasteiger partial charge < -0.3 is 11.3 Å². The molecule has 0 rings (SSSR count). The van der Waals surface area contributed by atoms with E-state index in [1.807, 2.05) is 0 Å². The standard InChI is InChI=1S/C6H8O4.Na.H/c1-2-6(9)10-4-3-5(7)8;;/h2H,1,3-4H2,(H,7,8);;/q;+1;-1. The van der Waals surface area contributed by atoms with Crippen LogP contribution >= 0.6 is 0 Å². The molecule has 0 aromatic heterocycles. The maximum Gasteiger partial charge on any atom is 1.00 e. The van der Waals surface area contributed by atoms with Crippen LogP contribution in [0.3, 0.4) is 0 Å². The summed E-state index contributed by atoms with van der Waals surface area (Å²) in [6, 6.07) is 0. The molecule has 4 nitrogen and oxygen atoms in total. The van der Waals surface area contributed by atoms with Crippen molar-refractivity contribution in [3.8, 4) is 0 Å². The summed E-state index contributed by atoms with van der Waals surface area (Å²) in [7, 11) is 0. The van der Waals surface area contributed by atoms with Gasteiger partial charge in [0.1, 0.15) is 6.61 Å². The van der Waals surface area contributed by atoms with E-state index >= 15 is 0 Å².